The first-order valence-corrected chi connectivity index (χ1v) is 16.3. The van der Waals surface area contributed by atoms with Crippen molar-refractivity contribution in [3.05, 3.63) is 114 Å². The Morgan fingerprint density at radius 1 is 0.854 bits per heavy atom. The monoisotopic (exact) mass is 651 g/mol. The molecule has 0 aliphatic carbocycles. The predicted octanol–water partition coefficient (Wildman–Crippen LogP) is 3.21. The average Bonchev–Trinajstić information content (AvgIpc) is 3.89. The van der Waals surface area contributed by atoms with Gasteiger partial charge in [-0.2, -0.15) is 20.1 Å². The van der Waals surface area contributed by atoms with Gasteiger partial charge in [0.05, 0.1) is 30.7 Å². The van der Waals surface area contributed by atoms with Gasteiger partial charge in [-0.05, 0) is 62.4 Å². The van der Waals surface area contributed by atoms with Crippen molar-refractivity contribution in [3.63, 3.8) is 0 Å². The van der Waals surface area contributed by atoms with Crippen molar-refractivity contribution in [2.45, 2.75) is 44.4 Å². The highest BCUT2D eigenvalue weighted by Crippen LogP contribution is 2.36. The first-order valence-electron chi connectivity index (χ1n) is 16.3. The lowest BCUT2D eigenvalue weighted by molar-refractivity contribution is -0.192. The van der Waals surface area contributed by atoms with Crippen molar-refractivity contribution >= 4 is 11.4 Å². The maximum Gasteiger partial charge on any atom is 0.350 e. The van der Waals surface area contributed by atoms with Gasteiger partial charge in [0.2, 0.25) is 5.79 Å². The van der Waals surface area contributed by atoms with E-state index in [-0.39, 0.29) is 23.9 Å². The highest BCUT2D eigenvalue weighted by Gasteiger charge is 2.44. The number of benzene rings is 3. The molecule has 0 bridgehead atoms. The molecule has 250 valence electrons. The van der Waals surface area contributed by atoms with Crippen LogP contribution in [0, 0.1) is 0 Å². The zero-order chi connectivity index (χ0) is 33.1. The van der Waals surface area contributed by atoms with Gasteiger partial charge in [0.25, 0.3) is 0 Å². The number of hydrogen-bond acceptors (Lipinski definition) is 10. The van der Waals surface area contributed by atoms with E-state index in [0.29, 0.717) is 19.8 Å². The van der Waals surface area contributed by atoms with Crippen molar-refractivity contribution in [2.24, 2.45) is 5.73 Å². The van der Waals surface area contributed by atoms with Crippen LogP contribution in [0.2, 0.25) is 0 Å². The summed E-state index contributed by atoms with van der Waals surface area (Å²) in [6.07, 6.45) is 4.60. The summed E-state index contributed by atoms with van der Waals surface area (Å²) in [6, 6.07) is 25.8. The summed E-state index contributed by atoms with van der Waals surface area (Å²) in [4.78, 5) is 19.2. The van der Waals surface area contributed by atoms with E-state index in [9.17, 15) is 4.79 Å². The van der Waals surface area contributed by atoms with Gasteiger partial charge >= 0.3 is 5.69 Å². The van der Waals surface area contributed by atoms with Gasteiger partial charge < -0.3 is 29.7 Å². The van der Waals surface area contributed by atoms with E-state index in [0.717, 1.165) is 54.6 Å². The fourth-order valence-corrected chi connectivity index (χ4v) is 6.16. The van der Waals surface area contributed by atoms with Crippen molar-refractivity contribution in [1.29, 1.82) is 0 Å². The van der Waals surface area contributed by atoms with E-state index >= 15 is 0 Å². The van der Waals surface area contributed by atoms with E-state index in [1.165, 1.54) is 4.68 Å². The molecule has 2 aliphatic rings. The average molecular weight is 652 g/mol. The van der Waals surface area contributed by atoms with Gasteiger partial charge in [0, 0.05) is 49.2 Å². The van der Waals surface area contributed by atoms with Crippen LogP contribution in [0.4, 0.5) is 11.4 Å². The summed E-state index contributed by atoms with van der Waals surface area (Å²) in [5.74, 6) is -0.197. The number of aromatic nitrogens is 6. The molecule has 2 aliphatic heterocycles. The largest absolute Gasteiger partial charge is 0.491 e. The molecular weight excluding hydrogens is 610 g/mol. The molecule has 48 heavy (non-hydrogen) atoms. The minimum atomic E-state index is -0.978. The van der Waals surface area contributed by atoms with Crippen LogP contribution >= 0.6 is 0 Å². The summed E-state index contributed by atoms with van der Waals surface area (Å²) in [6.45, 7) is 8.43. The number of nitrogens with two attached hydrogens (primary N) is 1. The summed E-state index contributed by atoms with van der Waals surface area (Å²) >= 11 is 0. The molecule has 5 aromatic rings. The molecule has 2 fully saturated rings. The maximum atomic E-state index is 12.9. The van der Waals surface area contributed by atoms with Crippen LogP contribution in [-0.2, 0) is 21.8 Å². The Bertz CT molecular complexity index is 1820. The van der Waals surface area contributed by atoms with Crippen LogP contribution in [0.15, 0.2) is 102 Å². The Kier molecular flexibility index (Phi) is 8.98. The first-order chi connectivity index (χ1) is 23.4. The number of rotatable bonds is 11. The van der Waals surface area contributed by atoms with Crippen LogP contribution in [0.5, 0.6) is 5.75 Å². The van der Waals surface area contributed by atoms with E-state index in [4.69, 9.17) is 19.9 Å². The van der Waals surface area contributed by atoms with Crippen LogP contribution in [0.25, 0.3) is 5.69 Å². The van der Waals surface area contributed by atoms with E-state index in [1.54, 1.807) is 28.1 Å². The molecule has 0 radical (unpaired) electrons. The lowest BCUT2D eigenvalue weighted by Crippen LogP contribution is -2.46. The highest BCUT2D eigenvalue weighted by atomic mass is 16.8. The Labute approximate surface area is 279 Å². The summed E-state index contributed by atoms with van der Waals surface area (Å²) < 4.78 is 21.9. The normalized spacial score (nSPS) is 20.9. The van der Waals surface area contributed by atoms with E-state index in [1.807, 2.05) is 68.4 Å². The van der Waals surface area contributed by atoms with Crippen molar-refractivity contribution in [1.82, 2.24) is 29.3 Å². The molecule has 0 spiro atoms. The molecule has 3 aromatic carbocycles. The minimum Gasteiger partial charge on any atom is -0.491 e. The fraction of sp³-hybridized carbons (Fsp3) is 0.371. The Hall–Kier alpha value is -4.98. The summed E-state index contributed by atoms with van der Waals surface area (Å²) in [7, 11) is 0. The van der Waals surface area contributed by atoms with Gasteiger partial charge in [-0.3, -0.25) is 0 Å². The zero-order valence-electron chi connectivity index (χ0n) is 27.2. The van der Waals surface area contributed by atoms with Gasteiger partial charge in [-0.1, -0.05) is 30.3 Å². The lowest BCUT2D eigenvalue weighted by atomic mass is 10.1. The molecule has 13 heteroatoms. The van der Waals surface area contributed by atoms with Crippen LogP contribution in [0.3, 0.4) is 0 Å². The SMILES string of the molecule is CC(N)C(C)n1ncn(-c2ccc(N3CCN(c4ccc(OC[C@@H]5CO[C@@](Cn6nccn6)(c6ccccc6)O5)cc4)CC3)cc2)c1=O. The molecular formula is C35H41N9O4. The second-order valence-corrected chi connectivity index (χ2v) is 12.4. The Morgan fingerprint density at radius 2 is 1.46 bits per heavy atom. The highest BCUT2D eigenvalue weighted by molar-refractivity contribution is 5.54. The molecule has 13 nitrogen and oxygen atoms in total. The third kappa shape index (κ3) is 6.57. The van der Waals surface area contributed by atoms with Crippen LogP contribution < -0.4 is 26.0 Å². The van der Waals surface area contributed by atoms with Gasteiger partial charge in [-0.15, -0.1) is 0 Å². The van der Waals surface area contributed by atoms with Crippen LogP contribution in [0.1, 0.15) is 25.5 Å². The van der Waals surface area contributed by atoms with Crippen LogP contribution in [-0.4, -0.2) is 80.9 Å². The number of hydrogen-bond donors (Lipinski definition) is 1. The molecule has 2 aromatic heterocycles. The number of piperazine rings is 1. The molecule has 0 saturated carbocycles. The van der Waals surface area contributed by atoms with Crippen molar-refractivity contribution in [3.8, 4) is 11.4 Å². The minimum absolute atomic E-state index is 0.176. The molecule has 0 amide bonds. The Balaban J connectivity index is 0.912. The second kappa shape index (κ2) is 13.6. The molecule has 2 N–H and O–H groups in total. The smallest absolute Gasteiger partial charge is 0.350 e. The van der Waals surface area contributed by atoms with Crippen molar-refractivity contribution < 1.29 is 14.2 Å². The van der Waals surface area contributed by atoms with Gasteiger partial charge in [0.1, 0.15) is 31.3 Å². The van der Waals surface area contributed by atoms with Gasteiger partial charge in [0.15, 0.2) is 0 Å². The zero-order valence-corrected chi connectivity index (χ0v) is 27.2. The molecule has 7 rings (SSSR count). The standard InChI is InChI=1S/C35H41N9O4/c1-26(36)27(2)44-34(45)42(25-39-44)31-10-8-29(9-11-31)40-18-20-41(21-19-40)30-12-14-32(15-13-30)46-22-33-23-47-35(48-33,24-43-37-16-17-38-43)28-6-4-3-5-7-28/h3-17,25-27,33H,18-24,36H2,1-2H3/t26?,27?,33-,35-/m1/s1. The third-order valence-electron chi connectivity index (χ3n) is 9.14. The molecule has 4 heterocycles. The van der Waals surface area contributed by atoms with Gasteiger partial charge in [-0.25, -0.2) is 14.0 Å². The van der Waals surface area contributed by atoms with E-state index < -0.39 is 5.79 Å². The molecule has 4 atom stereocenters. The number of nitrogens with zero attached hydrogens (tertiary/aromatic N) is 8. The topological polar surface area (TPSA) is 131 Å². The summed E-state index contributed by atoms with van der Waals surface area (Å²) in [5, 5.41) is 12.8. The number of ether oxygens (including phenoxy) is 3. The first kappa shape index (κ1) is 31.6. The van der Waals surface area contributed by atoms with E-state index in [2.05, 4.69) is 49.4 Å². The third-order valence-corrected chi connectivity index (χ3v) is 9.14. The second-order valence-electron chi connectivity index (χ2n) is 12.4. The summed E-state index contributed by atoms with van der Waals surface area (Å²) in [5.41, 5.74) is 9.77. The predicted molar refractivity (Wildman–Crippen MR) is 182 cm³/mol. The Morgan fingerprint density at radius 3 is 2.08 bits per heavy atom. The number of anilines is 2. The lowest BCUT2D eigenvalue weighted by Gasteiger charge is -2.37. The molecule has 2 saturated heterocycles. The maximum absolute atomic E-state index is 12.9. The fourth-order valence-electron chi connectivity index (χ4n) is 6.16. The molecule has 2 unspecified atom stereocenters. The van der Waals surface area contributed by atoms with Crippen molar-refractivity contribution in [2.75, 3.05) is 49.2 Å². The quantitative estimate of drug-likeness (QED) is 0.227.